The largest absolute Gasteiger partial charge is 0.228 e. The van der Waals surface area contributed by atoms with E-state index in [4.69, 9.17) is 9.97 Å². The molecule has 9 aromatic carbocycles. The van der Waals surface area contributed by atoms with Crippen LogP contribution in [0.2, 0.25) is 0 Å². The molecule has 0 unspecified atom stereocenters. The zero-order valence-corrected chi connectivity index (χ0v) is 29.4. The summed E-state index contributed by atoms with van der Waals surface area (Å²) in [6.45, 7) is 0. The summed E-state index contributed by atoms with van der Waals surface area (Å²) in [5, 5.41) is 12.5. The van der Waals surface area contributed by atoms with Crippen molar-refractivity contribution in [2.75, 3.05) is 0 Å². The van der Waals surface area contributed by atoms with Crippen molar-refractivity contribution >= 4 is 74.6 Å². The summed E-state index contributed by atoms with van der Waals surface area (Å²) in [6.07, 6.45) is 0. The average molecular weight is 691 g/mol. The number of aromatic nitrogens is 2. The summed E-state index contributed by atoms with van der Waals surface area (Å²) in [6, 6.07) is 65.3. The zero-order valence-electron chi connectivity index (χ0n) is 28.6. The van der Waals surface area contributed by atoms with Gasteiger partial charge in [-0.1, -0.05) is 170 Å². The molecule has 3 heteroatoms. The highest BCUT2D eigenvalue weighted by Crippen LogP contribution is 2.47. The second-order valence-corrected chi connectivity index (χ2v) is 14.7. The van der Waals surface area contributed by atoms with E-state index in [1.807, 2.05) is 23.5 Å². The molecule has 0 amide bonds. The number of rotatable bonds is 4. The van der Waals surface area contributed by atoms with Crippen molar-refractivity contribution in [2.24, 2.45) is 0 Å². The smallest absolute Gasteiger partial charge is 0.161 e. The Bertz CT molecular complexity index is 3100. The van der Waals surface area contributed by atoms with E-state index in [0.29, 0.717) is 0 Å². The van der Waals surface area contributed by atoms with Crippen LogP contribution in [-0.4, -0.2) is 9.97 Å². The lowest BCUT2D eigenvalue weighted by Crippen LogP contribution is -1.98. The Morgan fingerprint density at radius 2 is 0.774 bits per heavy atom. The fourth-order valence-electron chi connectivity index (χ4n) is 8.31. The predicted molar refractivity (Wildman–Crippen MR) is 227 cm³/mol. The van der Waals surface area contributed by atoms with Crippen LogP contribution in [0.3, 0.4) is 0 Å². The lowest BCUT2D eigenvalue weighted by Gasteiger charge is -2.18. The Morgan fingerprint density at radius 1 is 0.321 bits per heavy atom. The van der Waals surface area contributed by atoms with Gasteiger partial charge in [0.25, 0.3) is 0 Å². The van der Waals surface area contributed by atoms with Gasteiger partial charge in [0.15, 0.2) is 5.82 Å². The first-order valence-corrected chi connectivity index (χ1v) is 18.8. The molecule has 0 spiro atoms. The SMILES string of the molecule is c1ccc(-c2cc(-c3ccccc3)nc(-c3c4ccccc4c(-c4ccc5c(c4)sc4c6ccccc6c6ccccc6c54)c4ccccc34)n2)cc1. The first-order chi connectivity index (χ1) is 26.3. The summed E-state index contributed by atoms with van der Waals surface area (Å²) < 4.78 is 2.64. The van der Waals surface area contributed by atoms with Gasteiger partial charge in [0.2, 0.25) is 0 Å². The van der Waals surface area contributed by atoms with Crippen LogP contribution in [0.1, 0.15) is 0 Å². The van der Waals surface area contributed by atoms with Crippen molar-refractivity contribution in [2.45, 2.75) is 0 Å². The van der Waals surface area contributed by atoms with Gasteiger partial charge in [0.1, 0.15) is 0 Å². The number of nitrogens with zero attached hydrogens (tertiary/aromatic N) is 2. The maximum atomic E-state index is 5.31. The Labute approximate surface area is 310 Å². The van der Waals surface area contributed by atoms with Gasteiger partial charge < -0.3 is 0 Å². The first-order valence-electron chi connectivity index (χ1n) is 18.0. The van der Waals surface area contributed by atoms with Gasteiger partial charge in [0.05, 0.1) is 11.4 Å². The molecular weight excluding hydrogens is 661 g/mol. The Kier molecular flexibility index (Phi) is 6.76. The van der Waals surface area contributed by atoms with Crippen LogP contribution in [0.4, 0.5) is 0 Å². The molecule has 0 aliphatic carbocycles. The summed E-state index contributed by atoms with van der Waals surface area (Å²) in [7, 11) is 0. The molecule has 0 radical (unpaired) electrons. The van der Waals surface area contributed by atoms with E-state index < -0.39 is 0 Å². The quantitative estimate of drug-likeness (QED) is 0.136. The maximum absolute atomic E-state index is 5.31. The summed E-state index contributed by atoms with van der Waals surface area (Å²) in [4.78, 5) is 10.6. The monoisotopic (exact) mass is 690 g/mol. The summed E-state index contributed by atoms with van der Waals surface area (Å²) >= 11 is 1.90. The highest BCUT2D eigenvalue weighted by Gasteiger charge is 2.21. The third-order valence-electron chi connectivity index (χ3n) is 10.7. The molecule has 2 nitrogen and oxygen atoms in total. The lowest BCUT2D eigenvalue weighted by atomic mass is 9.87. The molecule has 0 N–H and O–H groups in total. The van der Waals surface area contributed by atoms with E-state index >= 15 is 0 Å². The summed E-state index contributed by atoms with van der Waals surface area (Å²) in [5.74, 6) is 0.725. The van der Waals surface area contributed by atoms with E-state index in [2.05, 4.69) is 170 Å². The van der Waals surface area contributed by atoms with E-state index in [1.165, 1.54) is 63.6 Å². The van der Waals surface area contributed by atoms with Crippen LogP contribution in [0.15, 0.2) is 182 Å². The van der Waals surface area contributed by atoms with E-state index in [-0.39, 0.29) is 0 Å². The van der Waals surface area contributed by atoms with Crippen LogP contribution in [0, 0.1) is 0 Å². The van der Waals surface area contributed by atoms with Crippen molar-refractivity contribution in [1.82, 2.24) is 9.97 Å². The third-order valence-corrected chi connectivity index (χ3v) is 11.8. The van der Waals surface area contributed by atoms with Gasteiger partial charge in [-0.25, -0.2) is 9.97 Å². The maximum Gasteiger partial charge on any atom is 0.161 e. The minimum atomic E-state index is 0.725. The number of hydrogen-bond donors (Lipinski definition) is 0. The fraction of sp³-hybridized carbons (Fsp3) is 0. The lowest BCUT2D eigenvalue weighted by molar-refractivity contribution is 1.19. The van der Waals surface area contributed by atoms with Crippen molar-refractivity contribution < 1.29 is 0 Å². The second kappa shape index (κ2) is 11.9. The molecule has 11 rings (SSSR count). The fourth-order valence-corrected chi connectivity index (χ4v) is 9.61. The van der Waals surface area contributed by atoms with Gasteiger partial charge in [-0.2, -0.15) is 0 Å². The molecule has 246 valence electrons. The van der Waals surface area contributed by atoms with Crippen molar-refractivity contribution in [3.05, 3.63) is 182 Å². The van der Waals surface area contributed by atoms with Crippen LogP contribution >= 0.6 is 11.3 Å². The molecule has 0 bridgehead atoms. The Balaban J connectivity index is 1.19. The highest BCUT2D eigenvalue weighted by atomic mass is 32.1. The van der Waals surface area contributed by atoms with Crippen molar-refractivity contribution in [3.63, 3.8) is 0 Å². The second-order valence-electron chi connectivity index (χ2n) is 13.6. The molecule has 0 saturated heterocycles. The number of fused-ring (bicyclic) bond motifs is 10. The highest BCUT2D eigenvalue weighted by molar-refractivity contribution is 7.27. The van der Waals surface area contributed by atoms with Gasteiger partial charge in [-0.05, 0) is 61.0 Å². The van der Waals surface area contributed by atoms with Gasteiger partial charge in [-0.3, -0.25) is 0 Å². The predicted octanol–water partition coefficient (Wildman–Crippen LogP) is 14.1. The molecule has 0 aliphatic heterocycles. The van der Waals surface area contributed by atoms with E-state index in [9.17, 15) is 0 Å². The minimum Gasteiger partial charge on any atom is -0.228 e. The number of benzene rings is 9. The molecule has 53 heavy (non-hydrogen) atoms. The van der Waals surface area contributed by atoms with Gasteiger partial charge >= 0.3 is 0 Å². The molecular formula is C50H30N2S. The topological polar surface area (TPSA) is 25.8 Å². The molecule has 2 heterocycles. The standard InChI is InChI=1S/C50H30N2S/c1-3-15-31(16-4-1)43-30-44(32-17-5-2-6-18-32)52-50(51-43)48-39-24-12-10-22-37(39)46(38-23-11-13-25-40(38)48)33-27-28-42-45(29-33)53-49-41-26-14-8-20-35(41)34-19-7-9-21-36(34)47(42)49/h1-30H. The third kappa shape index (κ3) is 4.71. The van der Waals surface area contributed by atoms with Gasteiger partial charge in [0, 0.05) is 42.2 Å². The summed E-state index contributed by atoms with van der Waals surface area (Å²) in [5.41, 5.74) is 7.43. The minimum absolute atomic E-state index is 0.725. The van der Waals surface area contributed by atoms with Crippen LogP contribution in [0.25, 0.3) is 108 Å². The van der Waals surface area contributed by atoms with Crippen LogP contribution < -0.4 is 0 Å². The van der Waals surface area contributed by atoms with Crippen LogP contribution in [-0.2, 0) is 0 Å². The molecule has 0 fully saturated rings. The number of hydrogen-bond acceptors (Lipinski definition) is 3. The normalized spacial score (nSPS) is 11.8. The van der Waals surface area contributed by atoms with Crippen molar-refractivity contribution in [1.29, 1.82) is 0 Å². The first kappa shape index (κ1) is 30.0. The molecule has 11 aromatic rings. The Hall–Kier alpha value is -6.68. The zero-order chi connectivity index (χ0) is 34.9. The Morgan fingerprint density at radius 3 is 1.34 bits per heavy atom. The molecule has 0 aliphatic rings. The van der Waals surface area contributed by atoms with Gasteiger partial charge in [-0.15, -0.1) is 11.3 Å². The number of thiophene rings is 1. The van der Waals surface area contributed by atoms with E-state index in [0.717, 1.165) is 44.7 Å². The van der Waals surface area contributed by atoms with Crippen LogP contribution in [0.5, 0.6) is 0 Å². The molecule has 0 atom stereocenters. The molecule has 0 saturated carbocycles. The van der Waals surface area contributed by atoms with E-state index in [1.54, 1.807) is 0 Å². The average Bonchev–Trinajstić information content (AvgIpc) is 3.63. The molecule has 2 aromatic heterocycles. The van der Waals surface area contributed by atoms with Crippen molar-refractivity contribution in [3.8, 4) is 45.0 Å².